The van der Waals surface area contributed by atoms with Gasteiger partial charge in [-0.2, -0.15) is 0 Å². The fourth-order valence-electron chi connectivity index (χ4n) is 3.02. The van der Waals surface area contributed by atoms with Gasteiger partial charge in [-0.05, 0) is 57.5 Å². The van der Waals surface area contributed by atoms with Crippen molar-refractivity contribution >= 4 is 18.3 Å². The van der Waals surface area contributed by atoms with E-state index in [4.69, 9.17) is 9.47 Å². The molecule has 142 valence electrons. The second-order valence-electron chi connectivity index (χ2n) is 6.92. The smallest absolute Gasteiger partial charge is 0.251 e. The average Bonchev–Trinajstić information content (AvgIpc) is 2.59. The number of amides is 1. The Morgan fingerprint density at radius 1 is 1.24 bits per heavy atom. The number of piperidine rings is 1. The van der Waals surface area contributed by atoms with Crippen molar-refractivity contribution in [3.63, 3.8) is 0 Å². The lowest BCUT2D eigenvalue weighted by Crippen LogP contribution is -2.47. The third kappa shape index (κ3) is 6.94. The third-order valence-electron chi connectivity index (χ3n) is 4.54. The Morgan fingerprint density at radius 3 is 2.44 bits per heavy atom. The fourth-order valence-corrected chi connectivity index (χ4v) is 3.02. The maximum atomic E-state index is 12.4. The van der Waals surface area contributed by atoms with Gasteiger partial charge in [0.2, 0.25) is 0 Å². The lowest BCUT2D eigenvalue weighted by molar-refractivity contribution is 0.0511. The van der Waals surface area contributed by atoms with Gasteiger partial charge in [0, 0.05) is 24.6 Å². The Kier molecular flexibility index (Phi) is 9.43. The molecule has 1 heterocycles. The maximum Gasteiger partial charge on any atom is 0.251 e. The van der Waals surface area contributed by atoms with Crippen LogP contribution in [0.2, 0.25) is 0 Å². The average molecular weight is 371 g/mol. The molecule has 1 fully saturated rings. The van der Waals surface area contributed by atoms with Crippen molar-refractivity contribution in [3.8, 4) is 0 Å². The number of halogens is 1. The molecule has 1 aliphatic rings. The van der Waals surface area contributed by atoms with Crippen LogP contribution < -0.4 is 10.6 Å². The van der Waals surface area contributed by atoms with Crippen molar-refractivity contribution in [2.24, 2.45) is 5.41 Å². The van der Waals surface area contributed by atoms with E-state index in [0.29, 0.717) is 25.3 Å². The molecule has 1 aromatic rings. The Hall–Kier alpha value is -1.14. The van der Waals surface area contributed by atoms with E-state index in [2.05, 4.69) is 10.6 Å². The predicted molar refractivity (Wildman–Crippen MR) is 102 cm³/mol. The number of methoxy groups -OCH3 is 1. The first kappa shape index (κ1) is 21.9. The summed E-state index contributed by atoms with van der Waals surface area (Å²) >= 11 is 0. The van der Waals surface area contributed by atoms with E-state index in [1.807, 2.05) is 38.1 Å². The summed E-state index contributed by atoms with van der Waals surface area (Å²) in [6, 6.07) is 7.62. The van der Waals surface area contributed by atoms with E-state index < -0.39 is 0 Å². The van der Waals surface area contributed by atoms with E-state index in [1.54, 1.807) is 7.11 Å². The number of carbonyl (C=O) groups excluding carboxylic acids is 1. The van der Waals surface area contributed by atoms with E-state index >= 15 is 0 Å². The van der Waals surface area contributed by atoms with Gasteiger partial charge in [-0.15, -0.1) is 12.4 Å². The maximum absolute atomic E-state index is 12.4. The molecule has 1 aliphatic heterocycles. The highest BCUT2D eigenvalue weighted by Gasteiger charge is 2.32. The van der Waals surface area contributed by atoms with Crippen molar-refractivity contribution in [3.05, 3.63) is 35.4 Å². The summed E-state index contributed by atoms with van der Waals surface area (Å²) in [6.45, 7) is 7.88. The number of hydrogen-bond acceptors (Lipinski definition) is 4. The Morgan fingerprint density at radius 2 is 1.88 bits per heavy atom. The molecule has 5 nitrogen and oxygen atoms in total. The summed E-state index contributed by atoms with van der Waals surface area (Å²) in [7, 11) is 1.73. The van der Waals surface area contributed by atoms with E-state index in [9.17, 15) is 4.79 Å². The number of ether oxygens (including phenoxy) is 2. The van der Waals surface area contributed by atoms with Crippen LogP contribution >= 0.6 is 12.4 Å². The first-order valence-electron chi connectivity index (χ1n) is 8.73. The van der Waals surface area contributed by atoms with Gasteiger partial charge in [0.1, 0.15) is 0 Å². The Bertz CT molecular complexity index is 508. The monoisotopic (exact) mass is 370 g/mol. The van der Waals surface area contributed by atoms with Crippen LogP contribution in [0.5, 0.6) is 0 Å². The van der Waals surface area contributed by atoms with Crippen molar-refractivity contribution in [2.45, 2.75) is 39.4 Å². The van der Waals surface area contributed by atoms with Gasteiger partial charge >= 0.3 is 0 Å². The van der Waals surface area contributed by atoms with Crippen molar-refractivity contribution in [1.82, 2.24) is 10.6 Å². The molecule has 1 aromatic carbocycles. The van der Waals surface area contributed by atoms with Gasteiger partial charge in [-0.1, -0.05) is 12.1 Å². The van der Waals surface area contributed by atoms with Gasteiger partial charge in [-0.25, -0.2) is 0 Å². The van der Waals surface area contributed by atoms with Crippen molar-refractivity contribution in [1.29, 1.82) is 0 Å². The van der Waals surface area contributed by atoms with Crippen LogP contribution in [0.1, 0.15) is 42.6 Å². The summed E-state index contributed by atoms with van der Waals surface area (Å²) < 4.78 is 11.0. The van der Waals surface area contributed by atoms with Crippen molar-refractivity contribution < 1.29 is 14.3 Å². The van der Waals surface area contributed by atoms with Gasteiger partial charge in [0.25, 0.3) is 5.91 Å². The van der Waals surface area contributed by atoms with Gasteiger partial charge < -0.3 is 20.1 Å². The summed E-state index contributed by atoms with van der Waals surface area (Å²) in [6.07, 6.45) is 2.24. The SMILES string of the molecule is COCC1(CNC(=O)c2ccc(COC(C)C)cc2)CCNCC1.Cl. The predicted octanol–water partition coefficient (Wildman–Crippen LogP) is 2.78. The Labute approximate surface area is 157 Å². The topological polar surface area (TPSA) is 59.6 Å². The minimum Gasteiger partial charge on any atom is -0.384 e. The normalized spacial score (nSPS) is 16.3. The zero-order chi connectivity index (χ0) is 17.4. The zero-order valence-electron chi connectivity index (χ0n) is 15.5. The lowest BCUT2D eigenvalue weighted by atomic mass is 9.79. The van der Waals surface area contributed by atoms with Crippen LogP contribution in [-0.4, -0.2) is 45.4 Å². The van der Waals surface area contributed by atoms with Gasteiger partial charge in [-0.3, -0.25) is 4.79 Å². The molecule has 0 saturated carbocycles. The highest BCUT2D eigenvalue weighted by atomic mass is 35.5. The van der Waals surface area contributed by atoms with E-state index in [1.165, 1.54) is 0 Å². The zero-order valence-corrected chi connectivity index (χ0v) is 16.3. The molecular formula is C19H31ClN2O3. The molecule has 0 aromatic heterocycles. The number of rotatable bonds is 8. The standard InChI is InChI=1S/C19H30N2O3.ClH/c1-15(2)24-12-16-4-6-17(7-5-16)18(22)21-13-19(14-23-3)8-10-20-11-9-19;/h4-7,15,20H,8-14H2,1-3H3,(H,21,22);1H. The molecular weight excluding hydrogens is 340 g/mol. The molecule has 6 heteroatoms. The molecule has 0 spiro atoms. The van der Waals surface area contributed by atoms with Gasteiger partial charge in [0.15, 0.2) is 0 Å². The number of hydrogen-bond donors (Lipinski definition) is 2. The first-order valence-corrected chi connectivity index (χ1v) is 8.73. The molecule has 1 amide bonds. The molecule has 0 bridgehead atoms. The molecule has 0 unspecified atom stereocenters. The molecule has 0 radical (unpaired) electrons. The second kappa shape index (κ2) is 10.8. The highest BCUT2D eigenvalue weighted by molar-refractivity contribution is 5.94. The van der Waals surface area contributed by atoms with E-state index in [0.717, 1.165) is 31.5 Å². The van der Waals surface area contributed by atoms with Crippen LogP contribution in [0.15, 0.2) is 24.3 Å². The number of benzene rings is 1. The second-order valence-corrected chi connectivity index (χ2v) is 6.92. The van der Waals surface area contributed by atoms with Gasteiger partial charge in [0.05, 0.1) is 19.3 Å². The molecule has 2 rings (SSSR count). The number of nitrogens with one attached hydrogen (secondary N) is 2. The minimum atomic E-state index is -0.0275. The number of carbonyl (C=O) groups is 1. The molecule has 0 atom stereocenters. The minimum absolute atomic E-state index is 0. The van der Waals surface area contributed by atoms with Crippen LogP contribution in [0.4, 0.5) is 0 Å². The molecule has 25 heavy (non-hydrogen) atoms. The Balaban J connectivity index is 0.00000312. The summed E-state index contributed by atoms with van der Waals surface area (Å²) in [5.41, 5.74) is 1.81. The van der Waals surface area contributed by atoms with Crippen LogP contribution in [0, 0.1) is 5.41 Å². The largest absolute Gasteiger partial charge is 0.384 e. The van der Waals surface area contributed by atoms with Crippen LogP contribution in [-0.2, 0) is 16.1 Å². The summed E-state index contributed by atoms with van der Waals surface area (Å²) in [5.74, 6) is -0.0275. The van der Waals surface area contributed by atoms with Crippen molar-refractivity contribution in [2.75, 3.05) is 33.4 Å². The quantitative estimate of drug-likeness (QED) is 0.738. The summed E-state index contributed by atoms with van der Waals surface area (Å²) in [4.78, 5) is 12.4. The fraction of sp³-hybridized carbons (Fsp3) is 0.632. The summed E-state index contributed by atoms with van der Waals surface area (Å²) in [5, 5.41) is 6.45. The van der Waals surface area contributed by atoms with Crippen LogP contribution in [0.25, 0.3) is 0 Å². The third-order valence-corrected chi connectivity index (χ3v) is 4.54. The molecule has 1 saturated heterocycles. The van der Waals surface area contributed by atoms with Crippen LogP contribution in [0.3, 0.4) is 0 Å². The highest BCUT2D eigenvalue weighted by Crippen LogP contribution is 2.28. The molecule has 0 aliphatic carbocycles. The lowest BCUT2D eigenvalue weighted by Gasteiger charge is -2.37. The first-order chi connectivity index (χ1) is 11.5. The van der Waals surface area contributed by atoms with E-state index in [-0.39, 0.29) is 29.8 Å². The molecule has 2 N–H and O–H groups in total.